The van der Waals surface area contributed by atoms with E-state index in [0.29, 0.717) is 34.8 Å². The monoisotopic (exact) mass is 722 g/mol. The highest BCUT2D eigenvalue weighted by Crippen LogP contribution is 2.54. The molecule has 0 radical (unpaired) electrons. The van der Waals surface area contributed by atoms with E-state index in [4.69, 9.17) is 0 Å². The third-order valence-electron chi connectivity index (χ3n) is 8.02. The van der Waals surface area contributed by atoms with E-state index in [1.54, 1.807) is 0 Å². The molecule has 0 saturated heterocycles. The molecular formula is C31H23F9N2O4S2. The first-order chi connectivity index (χ1) is 22.3. The van der Waals surface area contributed by atoms with Gasteiger partial charge < -0.3 is 10.1 Å². The van der Waals surface area contributed by atoms with Crippen LogP contribution in [0.4, 0.5) is 44.6 Å². The zero-order chi connectivity index (χ0) is 35.3. The number of thiazole rings is 1. The number of sulfone groups is 1. The topological polar surface area (TPSA) is 85.4 Å². The van der Waals surface area contributed by atoms with Gasteiger partial charge >= 0.3 is 12.4 Å². The maximum atomic E-state index is 14.5. The molecule has 1 aromatic heterocycles. The molecule has 256 valence electrons. The number of nitrogens with zero attached hydrogens (tertiary/aromatic N) is 1. The van der Waals surface area contributed by atoms with Crippen molar-refractivity contribution in [3.8, 4) is 0 Å². The predicted molar refractivity (Wildman–Crippen MR) is 155 cm³/mol. The second kappa shape index (κ2) is 12.5. The molecule has 6 nitrogen and oxygen atoms in total. The smallest absolute Gasteiger partial charge is 0.349 e. The lowest BCUT2D eigenvalue weighted by Gasteiger charge is -2.39. The van der Waals surface area contributed by atoms with Gasteiger partial charge in [0.15, 0.2) is 15.0 Å². The van der Waals surface area contributed by atoms with Gasteiger partial charge in [-0.3, -0.25) is 4.79 Å². The van der Waals surface area contributed by atoms with Crippen molar-refractivity contribution in [2.75, 3.05) is 5.32 Å². The van der Waals surface area contributed by atoms with E-state index >= 15 is 0 Å². The van der Waals surface area contributed by atoms with Crippen LogP contribution in [-0.2, 0) is 49.2 Å². The van der Waals surface area contributed by atoms with Gasteiger partial charge in [-0.2, -0.15) is 26.3 Å². The maximum Gasteiger partial charge on any atom is 0.430 e. The van der Waals surface area contributed by atoms with Crippen LogP contribution < -0.4 is 5.32 Å². The summed E-state index contributed by atoms with van der Waals surface area (Å²) in [6, 6.07) is 8.27. The van der Waals surface area contributed by atoms with Gasteiger partial charge in [0.2, 0.25) is 5.91 Å². The number of carbonyl (C=O) groups excluding carboxylic acids is 1. The van der Waals surface area contributed by atoms with Gasteiger partial charge in [-0.15, -0.1) is 11.3 Å². The van der Waals surface area contributed by atoms with Gasteiger partial charge in [0.05, 0.1) is 17.2 Å². The Morgan fingerprint density at radius 1 is 0.917 bits per heavy atom. The van der Waals surface area contributed by atoms with E-state index < -0.39 is 73.6 Å². The highest BCUT2D eigenvalue weighted by atomic mass is 32.2. The molecule has 0 saturated carbocycles. The minimum atomic E-state index is -6.21. The van der Waals surface area contributed by atoms with Crippen LogP contribution in [0, 0.1) is 17.5 Å². The number of amides is 1. The van der Waals surface area contributed by atoms with Crippen molar-refractivity contribution in [1.29, 1.82) is 0 Å². The van der Waals surface area contributed by atoms with Crippen LogP contribution in [0.15, 0.2) is 71.6 Å². The number of benzene rings is 3. The minimum absolute atomic E-state index is 0.0139. The number of alkyl halides is 6. The number of nitrogens with one attached hydrogen (secondary N) is 1. The number of aryl methyl sites for hydroxylation is 1. The molecule has 1 N–H and O–H groups in total. The molecule has 0 bridgehead atoms. The quantitative estimate of drug-likeness (QED) is 0.148. The number of ether oxygens (including phenoxy) is 1. The van der Waals surface area contributed by atoms with Crippen molar-refractivity contribution in [3.63, 3.8) is 0 Å². The van der Waals surface area contributed by atoms with E-state index in [1.807, 2.05) is 0 Å². The van der Waals surface area contributed by atoms with Crippen molar-refractivity contribution < 1.29 is 57.5 Å². The second-order valence-corrected chi connectivity index (χ2v) is 14.3. The molecule has 17 heteroatoms. The molecule has 3 aromatic carbocycles. The number of rotatable bonds is 8. The Hall–Kier alpha value is -3.96. The summed E-state index contributed by atoms with van der Waals surface area (Å²) in [5, 5.41) is 2.65. The SMILES string of the molecule is CC(=O)Nc1nc2c(s1)CC(c1ccc(C(OCc3c(F)cccc3F)(C(F)(F)F)C(F)(F)F)cc1)(S(=O)(=O)c1ccc(F)cc1)CC2. The first-order valence-corrected chi connectivity index (χ1v) is 16.2. The molecule has 0 aliphatic heterocycles. The average molecular weight is 723 g/mol. The average Bonchev–Trinajstić information content (AvgIpc) is 3.38. The predicted octanol–water partition coefficient (Wildman–Crippen LogP) is 7.91. The molecule has 4 aromatic rings. The van der Waals surface area contributed by atoms with Crippen molar-refractivity contribution in [2.24, 2.45) is 0 Å². The second-order valence-electron chi connectivity index (χ2n) is 10.9. The van der Waals surface area contributed by atoms with Crippen LogP contribution in [0.5, 0.6) is 0 Å². The van der Waals surface area contributed by atoms with Crippen LogP contribution in [-0.4, -0.2) is 31.7 Å². The highest BCUT2D eigenvalue weighted by molar-refractivity contribution is 7.92. The zero-order valence-corrected chi connectivity index (χ0v) is 26.1. The molecule has 0 spiro atoms. The Balaban J connectivity index is 1.65. The Kier molecular flexibility index (Phi) is 9.20. The van der Waals surface area contributed by atoms with Crippen molar-refractivity contribution in [2.45, 2.75) is 60.4 Å². The molecule has 0 fully saturated rings. The third kappa shape index (κ3) is 6.07. The summed E-state index contributed by atoms with van der Waals surface area (Å²) in [4.78, 5) is 15.9. The third-order valence-corrected chi connectivity index (χ3v) is 11.5. The molecule has 1 atom stereocenters. The molecule has 1 aliphatic rings. The van der Waals surface area contributed by atoms with Crippen molar-refractivity contribution in [1.82, 2.24) is 4.98 Å². The summed E-state index contributed by atoms with van der Waals surface area (Å²) >= 11 is 0.949. The molecule has 5 rings (SSSR count). The lowest BCUT2D eigenvalue weighted by atomic mass is 9.82. The van der Waals surface area contributed by atoms with E-state index in [-0.39, 0.29) is 34.9 Å². The number of carbonyl (C=O) groups is 1. The molecule has 1 heterocycles. The largest absolute Gasteiger partial charge is 0.430 e. The molecule has 1 aliphatic carbocycles. The Morgan fingerprint density at radius 3 is 2.04 bits per heavy atom. The Bertz CT molecular complexity index is 1910. The van der Waals surface area contributed by atoms with E-state index in [1.165, 1.54) is 6.92 Å². The lowest BCUT2D eigenvalue weighted by molar-refractivity contribution is -0.392. The number of hydrogen-bond acceptors (Lipinski definition) is 6. The van der Waals surface area contributed by atoms with E-state index in [0.717, 1.165) is 53.8 Å². The summed E-state index contributed by atoms with van der Waals surface area (Å²) < 4.78 is 160. The van der Waals surface area contributed by atoms with Gasteiger partial charge in [0, 0.05) is 29.3 Å². The lowest BCUT2D eigenvalue weighted by Crippen LogP contribution is -2.56. The van der Waals surface area contributed by atoms with E-state index in [9.17, 15) is 52.7 Å². The summed E-state index contributed by atoms with van der Waals surface area (Å²) in [7, 11) is -4.55. The van der Waals surface area contributed by atoms with Gasteiger partial charge in [-0.25, -0.2) is 26.6 Å². The van der Waals surface area contributed by atoms with Gasteiger partial charge in [-0.1, -0.05) is 30.3 Å². The Labute approximate surface area is 271 Å². The fourth-order valence-corrected chi connectivity index (χ4v) is 9.01. The fraction of sp³-hybridized carbons (Fsp3) is 0.290. The first kappa shape index (κ1) is 35.3. The van der Waals surface area contributed by atoms with Gasteiger partial charge in [0.25, 0.3) is 5.60 Å². The van der Waals surface area contributed by atoms with Crippen LogP contribution >= 0.6 is 11.3 Å². The zero-order valence-electron chi connectivity index (χ0n) is 24.5. The number of anilines is 1. The van der Waals surface area contributed by atoms with Crippen LogP contribution in [0.1, 0.15) is 40.6 Å². The summed E-state index contributed by atoms with van der Waals surface area (Å²) in [6.07, 6.45) is -13.0. The molecule has 1 unspecified atom stereocenters. The summed E-state index contributed by atoms with van der Waals surface area (Å²) in [5.74, 6) is -4.08. The Morgan fingerprint density at radius 2 is 1.50 bits per heavy atom. The minimum Gasteiger partial charge on any atom is -0.349 e. The highest BCUT2D eigenvalue weighted by Gasteiger charge is 2.73. The summed E-state index contributed by atoms with van der Waals surface area (Å²) in [6.45, 7) is -0.531. The normalized spacial score (nSPS) is 17.2. The molecule has 1 amide bonds. The van der Waals surface area contributed by atoms with Crippen LogP contribution in [0.25, 0.3) is 0 Å². The first-order valence-electron chi connectivity index (χ1n) is 13.9. The van der Waals surface area contributed by atoms with Crippen molar-refractivity contribution >= 4 is 32.2 Å². The maximum absolute atomic E-state index is 14.5. The van der Waals surface area contributed by atoms with Crippen LogP contribution in [0.3, 0.4) is 0 Å². The standard InChI is InChI=1S/C31H23F9N2O4S2/c1-17(43)41-27-42-25-13-14-28(15-26(25)47-27,48(44,45)21-11-9-20(32)10-12-21)18-5-7-19(8-6-18)29(30(35,36)37,31(38,39)40)46-16-22-23(33)3-2-4-24(22)34/h2-12H,13-16H2,1H3,(H,41,42,43). The van der Waals surface area contributed by atoms with Crippen LogP contribution in [0.2, 0.25) is 0 Å². The molecular weight excluding hydrogens is 699 g/mol. The van der Waals surface area contributed by atoms with Gasteiger partial charge in [0.1, 0.15) is 22.2 Å². The van der Waals surface area contributed by atoms with Crippen molar-refractivity contribution in [3.05, 3.63) is 111 Å². The fourth-order valence-electron chi connectivity index (χ4n) is 5.65. The summed E-state index contributed by atoms with van der Waals surface area (Å²) in [5.41, 5.74) is -7.54. The van der Waals surface area contributed by atoms with E-state index in [2.05, 4.69) is 15.0 Å². The number of fused-ring (bicyclic) bond motifs is 1. The number of hydrogen-bond donors (Lipinski definition) is 1. The van der Waals surface area contributed by atoms with Gasteiger partial charge in [-0.05, 0) is 54.8 Å². The molecule has 48 heavy (non-hydrogen) atoms. The number of halogens is 9. The number of aromatic nitrogens is 1.